The van der Waals surface area contributed by atoms with Crippen LogP contribution in [-0.4, -0.2) is 147 Å². The number of fused-ring (bicyclic) bond motifs is 7. The maximum atomic E-state index is 13.3. The number of halogens is 6. The van der Waals surface area contributed by atoms with Crippen molar-refractivity contribution >= 4 is 222 Å². The van der Waals surface area contributed by atoms with E-state index >= 15 is 0 Å². The lowest BCUT2D eigenvalue weighted by Gasteiger charge is -2.32. The minimum Gasteiger partial charge on any atom is -0.464 e. The van der Waals surface area contributed by atoms with Gasteiger partial charge >= 0.3 is 25.0 Å². The molecule has 17 aromatic rings. The number of aromatic nitrogens is 15. The Bertz CT molecular complexity index is 7310. The Morgan fingerprint density at radius 1 is 0.426 bits per heavy atom. The first-order chi connectivity index (χ1) is 64.2. The van der Waals surface area contributed by atoms with E-state index in [4.69, 9.17) is 82.5 Å². The molecule has 1 aliphatic heterocycles. The molecular weight excluding hydrogens is 2040 g/mol. The Morgan fingerprint density at radius 2 is 0.765 bits per heavy atom. The van der Waals surface area contributed by atoms with Crippen LogP contribution in [0.15, 0.2) is 172 Å². The van der Waals surface area contributed by atoms with Crippen LogP contribution < -0.4 is 5.46 Å². The topological polar surface area (TPSA) is 287 Å². The van der Waals surface area contributed by atoms with E-state index in [9.17, 15) is 14.4 Å². The maximum Gasteiger partial charge on any atom is 0.496 e. The molecule has 6 aromatic carbocycles. The lowest BCUT2D eigenvalue weighted by Crippen LogP contribution is -2.41. The molecule has 12 heterocycles. The number of aryl methyl sites for hydroxylation is 7. The summed E-state index contributed by atoms with van der Waals surface area (Å²) in [5, 5.41) is 24.4. The number of nitrogens with zero attached hydrogens (tertiary/aromatic N) is 15. The van der Waals surface area contributed by atoms with Gasteiger partial charge in [-0.2, -0.15) is 20.4 Å². The summed E-state index contributed by atoms with van der Waals surface area (Å²) in [5.41, 5.74) is 16.7. The largest absolute Gasteiger partial charge is 0.496 e. The fraction of sp³-hybridized carbons (Fsp3) is 0.340. The summed E-state index contributed by atoms with van der Waals surface area (Å²) in [4.78, 5) is 72.0. The van der Waals surface area contributed by atoms with Crippen molar-refractivity contribution in [3.63, 3.8) is 0 Å². The highest BCUT2D eigenvalue weighted by Crippen LogP contribution is 2.50. The first kappa shape index (κ1) is 102. The van der Waals surface area contributed by atoms with Crippen molar-refractivity contribution in [2.24, 2.45) is 28.2 Å². The van der Waals surface area contributed by atoms with Gasteiger partial charge in [0.1, 0.15) is 14.6 Å². The zero-order chi connectivity index (χ0) is 98.3. The molecule has 0 N–H and O–H groups in total. The second-order valence-corrected chi connectivity index (χ2v) is 43.6. The lowest BCUT2D eigenvalue weighted by molar-refractivity contribution is -0.167. The number of rotatable bonds is 18. The van der Waals surface area contributed by atoms with Gasteiger partial charge in [-0.05, 0) is 292 Å². The Morgan fingerprint density at radius 3 is 1.15 bits per heavy atom. The third-order valence-corrected chi connectivity index (χ3v) is 27.8. The summed E-state index contributed by atoms with van der Waals surface area (Å²) in [7, 11) is 7.11. The van der Waals surface area contributed by atoms with Gasteiger partial charge in [0.05, 0.1) is 102 Å². The van der Waals surface area contributed by atoms with E-state index in [0.29, 0.717) is 15.1 Å². The fourth-order valence-electron chi connectivity index (χ4n) is 15.5. The smallest absolute Gasteiger partial charge is 0.464 e. The minimum absolute atomic E-state index is 0.254. The van der Waals surface area contributed by atoms with Crippen LogP contribution >= 0.6 is 117 Å². The number of thiazole rings is 3. The van der Waals surface area contributed by atoms with Gasteiger partial charge in [0, 0.05) is 139 Å². The molecule has 11 aromatic heterocycles. The van der Waals surface area contributed by atoms with Crippen molar-refractivity contribution in [3.8, 4) is 54.5 Å². The molecule has 0 radical (unpaired) electrons. The van der Waals surface area contributed by atoms with Crippen molar-refractivity contribution in [1.29, 1.82) is 0 Å². The zero-order valence-electron chi connectivity index (χ0n) is 79.6. The SMILES string of the molecule is CCOC(=O)[C@@H](OC(C)(C)C)c1c(C)cc2nc(-c3cnc4c(c3)c(Br)nn4C)sc2c1-c1ccc(Cl)cc1.CCOC(=O)[C@@H](OC(C)(C)C)c1c(C)cc2nc(-c3cnc4c(cnn4C)c3)sc2c1-c1ccc(Cl)cc1.CCOC(=O)[C@@H](OC(C)(C)C)c1c(C)cc2nc(Br)sc2c1-c1ccc(Cl)cc1.Cn1ncc2cc(B3OC(C)(C)C(C)(C)O3)cnc21.Cn1ncc2cc(Br)cnc21. The molecule has 0 amide bonds. The molecule has 0 unspecified atom stereocenters. The van der Waals surface area contributed by atoms with E-state index in [-0.39, 0.29) is 38.1 Å². The lowest BCUT2D eigenvalue weighted by atomic mass is 9.80. The van der Waals surface area contributed by atoms with Gasteiger partial charge < -0.3 is 37.7 Å². The van der Waals surface area contributed by atoms with Crippen LogP contribution in [0.3, 0.4) is 0 Å². The quantitative estimate of drug-likeness (QED) is 0.0438. The van der Waals surface area contributed by atoms with Crippen LogP contribution in [0.5, 0.6) is 0 Å². The summed E-state index contributed by atoms with van der Waals surface area (Å²) in [6, 6.07) is 36.9. The number of hydrogen-bond donors (Lipinski definition) is 0. The van der Waals surface area contributed by atoms with Gasteiger partial charge in [0.2, 0.25) is 0 Å². The number of carbonyl (C=O) groups is 3. The van der Waals surface area contributed by atoms with Crippen LogP contribution in [0.2, 0.25) is 15.1 Å². The van der Waals surface area contributed by atoms with Gasteiger partial charge in [-0.25, -0.2) is 54.0 Å². The monoisotopic (exact) mass is 2140 g/mol. The number of carbonyl (C=O) groups excluding carboxylic acids is 3. The molecule has 26 nitrogen and oxygen atoms in total. The van der Waals surface area contributed by atoms with Gasteiger partial charge in [0.25, 0.3) is 0 Å². The second kappa shape index (κ2) is 41.6. The number of pyridine rings is 4. The predicted molar refractivity (Wildman–Crippen MR) is 556 cm³/mol. The maximum absolute atomic E-state index is 13.3. The first-order valence-corrected chi connectivity index (χ1v) is 49.8. The molecule has 18 rings (SSSR count). The number of hydrogen-bond acceptors (Lipinski definition) is 25. The third-order valence-electron chi connectivity index (χ3n) is 22.2. The molecular formula is C100H104BBr3Cl3N15O11S3. The summed E-state index contributed by atoms with van der Waals surface area (Å²) >= 11 is 33.6. The van der Waals surface area contributed by atoms with Gasteiger partial charge in [0.15, 0.2) is 44.8 Å². The summed E-state index contributed by atoms with van der Waals surface area (Å²) in [6.45, 7) is 37.7. The molecule has 0 spiro atoms. The van der Waals surface area contributed by atoms with E-state index in [1.165, 1.54) is 11.3 Å². The molecule has 1 saturated heterocycles. The molecule has 0 bridgehead atoms. The Labute approximate surface area is 841 Å². The van der Waals surface area contributed by atoms with E-state index in [1.54, 1.807) is 93.2 Å². The average Bonchev–Trinajstić information content (AvgIpc) is 1.63. The standard InChI is InChI=1S/C29H28BrClN4O3S.C29H29ClN4O3S.C22H23BrClNO3S.C13H18BN3O2.C7H6BrN3/c1-7-37-28(36)23(38-29(3,4)5)21-15(2)12-20-24(22(21)16-8-10-18(31)11-9-16)39-27(33-20)17-13-19-25(30)34-35(6)26(19)32-14-17;1-7-36-28(35)24(37-29(3,4)5)22-16(2)12-21-25(23(22)17-8-10-20(30)11-9-17)38-27(33-21)19-13-18-15-32-34(6)26(18)31-14-19;1-6-27-20(26)18(28-22(3,4)5)16-12(2)11-15-19(29-21(23)25-15)17(16)13-7-9-14(24)10-8-13;1-12(2)13(3,4)19-14(18-12)10-6-9-7-16-17(5)11(9)15-8-10;1-11-7-5(3-10-11)2-6(8)4-9-7/h8-14,23H,7H2,1-6H3;8-15,24H,7H2,1-6H3;7-11,18H,6H2,1-5H3;6-8H,1-5H3;2-4H,1H3/t23-;24-;18-;;/m000../s1. The van der Waals surface area contributed by atoms with Crippen molar-refractivity contribution in [1.82, 2.24) is 74.0 Å². The molecule has 1 fully saturated rings. The van der Waals surface area contributed by atoms with Crippen molar-refractivity contribution in [2.45, 2.75) is 178 Å². The fourth-order valence-corrected chi connectivity index (χ4v) is 20.5. The van der Waals surface area contributed by atoms with Crippen LogP contribution in [0.1, 0.15) is 162 Å². The number of esters is 3. The summed E-state index contributed by atoms with van der Waals surface area (Å²) in [5.74, 6) is -1.24. The first-order valence-electron chi connectivity index (χ1n) is 43.8. The van der Waals surface area contributed by atoms with Gasteiger partial charge in [-0.3, -0.25) is 14.0 Å². The zero-order valence-corrected chi connectivity index (χ0v) is 89.1. The van der Waals surface area contributed by atoms with Crippen molar-refractivity contribution in [2.75, 3.05) is 19.8 Å². The van der Waals surface area contributed by atoms with Gasteiger partial charge in [-0.1, -0.05) is 71.2 Å². The molecule has 36 heteroatoms. The van der Waals surface area contributed by atoms with E-state index in [1.807, 2.05) is 267 Å². The number of benzene rings is 6. The highest BCUT2D eigenvalue weighted by molar-refractivity contribution is 9.11. The van der Waals surface area contributed by atoms with Crippen LogP contribution in [0.25, 0.3) is 129 Å². The van der Waals surface area contributed by atoms with Crippen LogP contribution in [0, 0.1) is 20.8 Å². The second-order valence-electron chi connectivity index (χ2n) is 36.4. The Kier molecular flexibility index (Phi) is 31.2. The summed E-state index contributed by atoms with van der Waals surface area (Å²) < 4.78 is 59.7. The third kappa shape index (κ3) is 23.0. The molecule has 1 aliphatic rings. The van der Waals surface area contributed by atoms with Gasteiger partial charge in [-0.15, -0.1) is 34.0 Å². The van der Waals surface area contributed by atoms with Crippen molar-refractivity contribution in [3.05, 3.63) is 220 Å². The van der Waals surface area contributed by atoms with Crippen LogP contribution in [-0.2, 0) is 80.3 Å². The van der Waals surface area contributed by atoms with Crippen LogP contribution in [0.4, 0.5) is 0 Å². The van der Waals surface area contributed by atoms with E-state index < -0.39 is 53.0 Å². The molecule has 136 heavy (non-hydrogen) atoms. The minimum atomic E-state index is -0.921. The molecule has 0 aliphatic carbocycles. The summed E-state index contributed by atoms with van der Waals surface area (Å²) in [6.07, 6.45) is 9.91. The van der Waals surface area contributed by atoms with Crippen molar-refractivity contribution < 1.29 is 52.1 Å². The predicted octanol–water partition coefficient (Wildman–Crippen LogP) is 25.5. The molecule has 3 atom stereocenters. The number of ether oxygens (including phenoxy) is 6. The average molecular weight is 2150 g/mol. The highest BCUT2D eigenvalue weighted by atomic mass is 79.9. The highest BCUT2D eigenvalue weighted by Gasteiger charge is 2.52. The van der Waals surface area contributed by atoms with E-state index in [0.717, 1.165) is 181 Å². The normalized spacial score (nSPS) is 13.8. The molecule has 0 saturated carbocycles. The Hall–Kier alpha value is -9.95. The molecule has 708 valence electrons. The Balaban J connectivity index is 0.000000143. The van der Waals surface area contributed by atoms with E-state index in [2.05, 4.69) is 93.1 Å².